The number of nitrogens with zero attached hydrogens (tertiary/aromatic N) is 4. The lowest BCUT2D eigenvalue weighted by Gasteiger charge is -2.31. The number of aromatic nitrogens is 2. The second-order valence-corrected chi connectivity index (χ2v) is 5.33. The highest BCUT2D eigenvalue weighted by Crippen LogP contribution is 2.20. The Labute approximate surface area is 115 Å². The molecule has 0 aromatic carbocycles. The van der Waals surface area contributed by atoms with E-state index in [1.165, 1.54) is 12.8 Å². The molecule has 0 saturated carbocycles. The van der Waals surface area contributed by atoms with E-state index in [9.17, 15) is 0 Å². The van der Waals surface area contributed by atoms with Crippen LogP contribution in [-0.2, 0) is 0 Å². The number of rotatable bonds is 5. The van der Waals surface area contributed by atoms with Crippen molar-refractivity contribution >= 4 is 11.6 Å². The summed E-state index contributed by atoms with van der Waals surface area (Å²) in [6, 6.07) is 2.44. The summed E-state index contributed by atoms with van der Waals surface area (Å²) >= 11 is 0. The van der Waals surface area contributed by atoms with Gasteiger partial charge in [-0.05, 0) is 19.3 Å². The van der Waals surface area contributed by atoms with E-state index in [4.69, 9.17) is 5.73 Å². The van der Waals surface area contributed by atoms with Crippen molar-refractivity contribution in [1.29, 1.82) is 0 Å². The molecule has 5 heteroatoms. The average Bonchev–Trinajstić information content (AvgIpc) is 2.45. The fraction of sp³-hybridized carbons (Fsp3) is 0.714. The summed E-state index contributed by atoms with van der Waals surface area (Å²) < 4.78 is 0. The van der Waals surface area contributed by atoms with Crippen LogP contribution < -0.4 is 15.5 Å². The van der Waals surface area contributed by atoms with Crippen molar-refractivity contribution in [3.63, 3.8) is 0 Å². The monoisotopic (exact) mass is 263 g/mol. The van der Waals surface area contributed by atoms with Crippen molar-refractivity contribution in [2.75, 3.05) is 36.5 Å². The molecule has 5 nitrogen and oxygen atoms in total. The second kappa shape index (κ2) is 6.70. The highest BCUT2D eigenvalue weighted by molar-refractivity contribution is 5.49. The van der Waals surface area contributed by atoms with Crippen LogP contribution in [0.1, 0.15) is 32.6 Å². The minimum atomic E-state index is 0.352. The number of hydrogen-bond acceptors (Lipinski definition) is 5. The van der Waals surface area contributed by atoms with E-state index < -0.39 is 0 Å². The van der Waals surface area contributed by atoms with E-state index in [2.05, 4.69) is 39.8 Å². The fourth-order valence-electron chi connectivity index (χ4n) is 2.36. The maximum atomic E-state index is 5.94. The van der Waals surface area contributed by atoms with Crippen LogP contribution in [-0.4, -0.2) is 42.7 Å². The highest BCUT2D eigenvalue weighted by Gasteiger charge is 2.18. The van der Waals surface area contributed by atoms with Crippen LogP contribution in [0.15, 0.2) is 12.4 Å². The van der Waals surface area contributed by atoms with Crippen LogP contribution in [0.2, 0.25) is 0 Å². The molecule has 0 bridgehead atoms. The number of hydrogen-bond donors (Lipinski definition) is 1. The van der Waals surface area contributed by atoms with Crippen LogP contribution in [0.3, 0.4) is 0 Å². The minimum Gasteiger partial charge on any atom is -0.360 e. The highest BCUT2D eigenvalue weighted by atomic mass is 15.2. The fourth-order valence-corrected chi connectivity index (χ4v) is 2.36. The molecule has 2 heterocycles. The van der Waals surface area contributed by atoms with Crippen molar-refractivity contribution in [2.45, 2.75) is 38.6 Å². The molecule has 19 heavy (non-hydrogen) atoms. The van der Waals surface area contributed by atoms with E-state index >= 15 is 0 Å². The molecule has 1 aromatic rings. The Morgan fingerprint density at radius 2 is 2.11 bits per heavy atom. The molecule has 1 aliphatic heterocycles. The lowest BCUT2D eigenvalue weighted by molar-refractivity contribution is 0.498. The number of anilines is 2. The summed E-state index contributed by atoms with van der Waals surface area (Å²) in [5.41, 5.74) is 5.94. The SMILES string of the molecule is CCCCN(C)c1cc(N2CCC(N)CC2)ncn1. The molecule has 0 amide bonds. The number of piperidine rings is 1. The van der Waals surface area contributed by atoms with Gasteiger partial charge >= 0.3 is 0 Å². The van der Waals surface area contributed by atoms with Crippen molar-refractivity contribution in [2.24, 2.45) is 5.73 Å². The second-order valence-electron chi connectivity index (χ2n) is 5.33. The molecular formula is C14H25N5. The largest absolute Gasteiger partial charge is 0.360 e. The molecule has 106 valence electrons. The van der Waals surface area contributed by atoms with Gasteiger partial charge in [0.1, 0.15) is 18.0 Å². The first-order valence-electron chi connectivity index (χ1n) is 7.24. The number of nitrogens with two attached hydrogens (primary N) is 1. The summed E-state index contributed by atoms with van der Waals surface area (Å²) in [5, 5.41) is 0. The van der Waals surface area contributed by atoms with Crippen LogP contribution in [0, 0.1) is 0 Å². The molecule has 1 saturated heterocycles. The molecule has 0 aliphatic carbocycles. The lowest BCUT2D eigenvalue weighted by Crippen LogP contribution is -2.40. The van der Waals surface area contributed by atoms with Gasteiger partial charge in [-0.3, -0.25) is 0 Å². The first-order chi connectivity index (χ1) is 9.20. The summed E-state index contributed by atoms with van der Waals surface area (Å²) in [6.45, 7) is 5.24. The van der Waals surface area contributed by atoms with Gasteiger partial charge in [0, 0.05) is 38.8 Å². The molecule has 1 aliphatic rings. The van der Waals surface area contributed by atoms with E-state index in [1.54, 1.807) is 6.33 Å². The first kappa shape index (κ1) is 14.1. The van der Waals surface area contributed by atoms with Crippen LogP contribution in [0.5, 0.6) is 0 Å². The van der Waals surface area contributed by atoms with E-state index in [0.717, 1.165) is 44.1 Å². The predicted octanol–water partition coefficient (Wildman–Crippen LogP) is 1.64. The molecule has 2 rings (SSSR count). The van der Waals surface area contributed by atoms with Crippen LogP contribution in [0.25, 0.3) is 0 Å². The van der Waals surface area contributed by atoms with Crippen LogP contribution >= 0.6 is 0 Å². The Morgan fingerprint density at radius 1 is 1.37 bits per heavy atom. The minimum absolute atomic E-state index is 0.352. The van der Waals surface area contributed by atoms with E-state index in [1.807, 2.05) is 0 Å². The predicted molar refractivity (Wildman–Crippen MR) is 79.6 cm³/mol. The topological polar surface area (TPSA) is 58.3 Å². The summed E-state index contributed by atoms with van der Waals surface area (Å²) in [4.78, 5) is 13.3. The molecular weight excluding hydrogens is 238 g/mol. The zero-order valence-corrected chi connectivity index (χ0v) is 12.0. The molecule has 0 spiro atoms. The van der Waals surface area contributed by atoms with Gasteiger partial charge in [-0.2, -0.15) is 0 Å². The maximum absolute atomic E-state index is 5.94. The van der Waals surface area contributed by atoms with Crippen molar-refractivity contribution < 1.29 is 0 Å². The molecule has 1 fully saturated rings. The molecule has 0 atom stereocenters. The number of unbranched alkanes of at least 4 members (excludes halogenated alkanes) is 1. The molecule has 0 radical (unpaired) electrons. The Bertz CT molecular complexity index is 387. The van der Waals surface area contributed by atoms with Gasteiger partial charge < -0.3 is 15.5 Å². The van der Waals surface area contributed by atoms with Gasteiger partial charge in [0.05, 0.1) is 0 Å². The Morgan fingerprint density at radius 3 is 2.79 bits per heavy atom. The first-order valence-corrected chi connectivity index (χ1v) is 7.24. The third-order valence-electron chi connectivity index (χ3n) is 3.74. The van der Waals surface area contributed by atoms with Gasteiger partial charge in [0.25, 0.3) is 0 Å². The van der Waals surface area contributed by atoms with Gasteiger partial charge in [-0.1, -0.05) is 13.3 Å². The van der Waals surface area contributed by atoms with Crippen LogP contribution in [0.4, 0.5) is 11.6 Å². The normalized spacial score (nSPS) is 16.7. The molecule has 2 N–H and O–H groups in total. The standard InChI is InChI=1S/C14H25N5/c1-3-4-7-18(2)13-10-14(17-11-16-13)19-8-5-12(15)6-9-19/h10-12H,3-9,15H2,1-2H3. The van der Waals surface area contributed by atoms with Gasteiger partial charge in [-0.25, -0.2) is 9.97 Å². The lowest BCUT2D eigenvalue weighted by atomic mass is 10.1. The van der Waals surface area contributed by atoms with Gasteiger partial charge in [-0.15, -0.1) is 0 Å². The van der Waals surface area contributed by atoms with Gasteiger partial charge in [0.15, 0.2) is 0 Å². The third kappa shape index (κ3) is 3.80. The van der Waals surface area contributed by atoms with Crippen molar-refractivity contribution in [3.8, 4) is 0 Å². The average molecular weight is 263 g/mol. The van der Waals surface area contributed by atoms with Crippen molar-refractivity contribution in [1.82, 2.24) is 9.97 Å². The smallest absolute Gasteiger partial charge is 0.134 e. The Balaban J connectivity index is 2.02. The summed E-state index contributed by atoms with van der Waals surface area (Å²) in [5.74, 6) is 2.04. The quantitative estimate of drug-likeness (QED) is 0.875. The summed E-state index contributed by atoms with van der Waals surface area (Å²) in [7, 11) is 2.09. The Hall–Kier alpha value is -1.36. The zero-order valence-electron chi connectivity index (χ0n) is 12.0. The van der Waals surface area contributed by atoms with Gasteiger partial charge in [0.2, 0.25) is 0 Å². The maximum Gasteiger partial charge on any atom is 0.134 e. The zero-order chi connectivity index (χ0) is 13.7. The summed E-state index contributed by atoms with van der Waals surface area (Å²) in [6.07, 6.45) is 6.15. The third-order valence-corrected chi connectivity index (χ3v) is 3.74. The van der Waals surface area contributed by atoms with E-state index in [-0.39, 0.29) is 0 Å². The molecule has 1 aromatic heterocycles. The van der Waals surface area contributed by atoms with Crippen molar-refractivity contribution in [3.05, 3.63) is 12.4 Å². The molecule has 0 unspecified atom stereocenters. The Kier molecular flexibility index (Phi) is 4.96. The van der Waals surface area contributed by atoms with E-state index in [0.29, 0.717) is 6.04 Å².